The van der Waals surface area contributed by atoms with Crippen molar-refractivity contribution in [2.75, 3.05) is 0 Å². The average Bonchev–Trinajstić information content (AvgIpc) is 2.76. The molecule has 0 spiro atoms. The Bertz CT molecular complexity index is 891. The zero-order valence-electron chi connectivity index (χ0n) is 19.3. The zero-order chi connectivity index (χ0) is 23.2. The van der Waals surface area contributed by atoms with Gasteiger partial charge in [0.05, 0.1) is 4.90 Å². The standard InChI is InChI=1S/C26H38O5S/c1-2-3-4-5-6-7-8-9-10-11-12-13-15-22-16-14-17-25(27)26(22)31-23-18-20-24(21-19-23)32(28,29)30/h14,16-21,27H,2-13,15H2,1H3,(H,28,29,30). The van der Waals surface area contributed by atoms with Crippen LogP contribution < -0.4 is 4.74 Å². The molecule has 2 rings (SSSR count). The third-order valence-corrected chi connectivity index (χ3v) is 6.58. The maximum Gasteiger partial charge on any atom is 0.294 e. The van der Waals surface area contributed by atoms with Crippen LogP contribution in [0.25, 0.3) is 0 Å². The summed E-state index contributed by atoms with van der Waals surface area (Å²) in [5.41, 5.74) is 0.927. The fourth-order valence-electron chi connectivity index (χ4n) is 3.84. The molecular formula is C26H38O5S. The highest BCUT2D eigenvalue weighted by atomic mass is 32.2. The number of unbranched alkanes of at least 4 members (excludes halogenated alkanes) is 11. The van der Waals surface area contributed by atoms with Crippen molar-refractivity contribution in [1.29, 1.82) is 0 Å². The van der Waals surface area contributed by atoms with Gasteiger partial charge in [-0.3, -0.25) is 4.55 Å². The van der Waals surface area contributed by atoms with Gasteiger partial charge in [-0.1, -0.05) is 89.7 Å². The summed E-state index contributed by atoms with van der Waals surface area (Å²) in [4.78, 5) is -0.196. The molecule has 6 heteroatoms. The Balaban J connectivity index is 1.73. The van der Waals surface area contributed by atoms with Crippen molar-refractivity contribution in [2.45, 2.75) is 95.3 Å². The highest BCUT2D eigenvalue weighted by molar-refractivity contribution is 7.85. The molecule has 0 radical (unpaired) electrons. The van der Waals surface area contributed by atoms with Crippen LogP contribution in [0.5, 0.6) is 17.2 Å². The van der Waals surface area contributed by atoms with Gasteiger partial charge in [0.1, 0.15) is 5.75 Å². The van der Waals surface area contributed by atoms with Crippen LogP contribution in [0.1, 0.15) is 89.5 Å². The second-order valence-electron chi connectivity index (χ2n) is 8.45. The SMILES string of the molecule is CCCCCCCCCCCCCCc1cccc(O)c1Oc1ccc(S(=O)(=O)O)cc1. The summed E-state index contributed by atoms with van der Waals surface area (Å²) >= 11 is 0. The molecule has 5 nitrogen and oxygen atoms in total. The number of phenolic OH excluding ortho intramolecular Hbond substituents is 1. The smallest absolute Gasteiger partial charge is 0.294 e. The van der Waals surface area contributed by atoms with Crippen LogP contribution in [0.2, 0.25) is 0 Å². The van der Waals surface area contributed by atoms with Gasteiger partial charge in [0.2, 0.25) is 0 Å². The fraction of sp³-hybridized carbons (Fsp3) is 0.538. The highest BCUT2D eigenvalue weighted by Gasteiger charge is 2.13. The molecule has 0 unspecified atom stereocenters. The van der Waals surface area contributed by atoms with Crippen molar-refractivity contribution in [1.82, 2.24) is 0 Å². The molecule has 32 heavy (non-hydrogen) atoms. The Morgan fingerprint density at radius 3 is 1.81 bits per heavy atom. The number of benzene rings is 2. The lowest BCUT2D eigenvalue weighted by Gasteiger charge is -2.13. The number of hydrogen-bond donors (Lipinski definition) is 2. The van der Waals surface area contributed by atoms with Crippen molar-refractivity contribution in [2.24, 2.45) is 0 Å². The third kappa shape index (κ3) is 9.61. The van der Waals surface area contributed by atoms with Crippen LogP contribution >= 0.6 is 0 Å². The summed E-state index contributed by atoms with van der Waals surface area (Å²) in [7, 11) is -4.24. The second kappa shape index (κ2) is 14.2. The zero-order valence-corrected chi connectivity index (χ0v) is 20.1. The van der Waals surface area contributed by atoms with Crippen LogP contribution in [0, 0.1) is 0 Å². The Kier molecular flexibility index (Phi) is 11.6. The molecule has 0 aliphatic carbocycles. The predicted molar refractivity (Wildman–Crippen MR) is 129 cm³/mol. The van der Waals surface area contributed by atoms with Crippen molar-refractivity contribution in [3.63, 3.8) is 0 Å². The van der Waals surface area contributed by atoms with Crippen molar-refractivity contribution < 1.29 is 22.8 Å². The lowest BCUT2D eigenvalue weighted by Crippen LogP contribution is -1.98. The number of ether oxygens (including phenoxy) is 1. The van der Waals surface area contributed by atoms with Gasteiger partial charge in [-0.05, 0) is 48.7 Å². The first-order valence-electron chi connectivity index (χ1n) is 12.0. The molecule has 178 valence electrons. The molecule has 0 fully saturated rings. The van der Waals surface area contributed by atoms with Gasteiger partial charge < -0.3 is 9.84 Å². The summed E-state index contributed by atoms with van der Waals surface area (Å²) in [6, 6.07) is 10.8. The van der Waals surface area contributed by atoms with E-state index in [1.165, 1.54) is 88.5 Å². The third-order valence-electron chi connectivity index (χ3n) is 5.72. The topological polar surface area (TPSA) is 83.8 Å². The Labute approximate surface area is 193 Å². The van der Waals surface area contributed by atoms with E-state index in [2.05, 4.69) is 6.92 Å². The number of hydrogen-bond acceptors (Lipinski definition) is 4. The van der Waals surface area contributed by atoms with E-state index in [1.807, 2.05) is 6.07 Å². The molecule has 0 saturated carbocycles. The Hall–Kier alpha value is -2.05. The van der Waals surface area contributed by atoms with Gasteiger partial charge in [-0.2, -0.15) is 8.42 Å². The molecule has 0 aliphatic heterocycles. The van der Waals surface area contributed by atoms with Crippen LogP contribution in [0.15, 0.2) is 47.4 Å². The predicted octanol–water partition coefficient (Wildman–Crippen LogP) is 7.67. The van der Waals surface area contributed by atoms with Crippen molar-refractivity contribution in [3.05, 3.63) is 48.0 Å². The van der Waals surface area contributed by atoms with Gasteiger partial charge in [0, 0.05) is 0 Å². The number of aromatic hydroxyl groups is 1. The Morgan fingerprint density at radius 1 is 0.750 bits per heavy atom. The summed E-state index contributed by atoms with van der Waals surface area (Å²) in [5, 5.41) is 10.3. The van der Waals surface area contributed by atoms with Crippen LogP contribution in [0.4, 0.5) is 0 Å². The van der Waals surface area contributed by atoms with Gasteiger partial charge >= 0.3 is 0 Å². The number of phenols is 1. The van der Waals surface area contributed by atoms with Crippen molar-refractivity contribution >= 4 is 10.1 Å². The molecule has 0 aromatic heterocycles. The first-order chi connectivity index (χ1) is 15.4. The molecule has 2 aromatic carbocycles. The van der Waals surface area contributed by atoms with E-state index in [0.29, 0.717) is 11.5 Å². The quantitative estimate of drug-likeness (QED) is 0.197. The largest absolute Gasteiger partial charge is 0.504 e. The van der Waals surface area contributed by atoms with Crippen molar-refractivity contribution in [3.8, 4) is 17.2 Å². The Morgan fingerprint density at radius 2 is 1.28 bits per heavy atom. The van der Waals surface area contributed by atoms with E-state index in [1.54, 1.807) is 12.1 Å². The molecule has 0 amide bonds. The lowest BCUT2D eigenvalue weighted by atomic mass is 10.0. The monoisotopic (exact) mass is 462 g/mol. The number of aryl methyl sites for hydroxylation is 1. The molecule has 2 aromatic rings. The molecule has 0 saturated heterocycles. The van der Waals surface area contributed by atoms with E-state index >= 15 is 0 Å². The summed E-state index contributed by atoms with van der Waals surface area (Å²) in [6.07, 6.45) is 16.3. The lowest BCUT2D eigenvalue weighted by molar-refractivity contribution is 0.406. The van der Waals surface area contributed by atoms with E-state index in [-0.39, 0.29) is 10.6 Å². The van der Waals surface area contributed by atoms with Gasteiger partial charge in [-0.15, -0.1) is 0 Å². The van der Waals surface area contributed by atoms with E-state index in [0.717, 1.165) is 24.8 Å². The first kappa shape index (κ1) is 26.2. The minimum Gasteiger partial charge on any atom is -0.504 e. The van der Waals surface area contributed by atoms with Gasteiger partial charge in [-0.25, -0.2) is 0 Å². The summed E-state index contributed by atoms with van der Waals surface area (Å²) < 4.78 is 37.3. The number of rotatable bonds is 16. The first-order valence-corrected chi connectivity index (χ1v) is 13.4. The van der Waals surface area contributed by atoms with Crippen LogP contribution in [-0.4, -0.2) is 18.1 Å². The van der Waals surface area contributed by atoms with Gasteiger partial charge in [0.25, 0.3) is 10.1 Å². The maximum absolute atomic E-state index is 11.2. The van der Waals surface area contributed by atoms with E-state index < -0.39 is 10.1 Å². The molecule has 0 bridgehead atoms. The van der Waals surface area contributed by atoms with E-state index in [4.69, 9.17) is 9.29 Å². The summed E-state index contributed by atoms with van der Waals surface area (Å²) in [5.74, 6) is 0.852. The minimum atomic E-state index is -4.24. The molecule has 0 heterocycles. The molecular weight excluding hydrogens is 424 g/mol. The van der Waals surface area contributed by atoms with E-state index in [9.17, 15) is 13.5 Å². The molecule has 0 atom stereocenters. The van der Waals surface area contributed by atoms with Crippen LogP contribution in [-0.2, 0) is 16.5 Å². The maximum atomic E-state index is 11.2. The minimum absolute atomic E-state index is 0.0558. The highest BCUT2D eigenvalue weighted by Crippen LogP contribution is 2.35. The van der Waals surface area contributed by atoms with Crippen LogP contribution in [0.3, 0.4) is 0 Å². The summed E-state index contributed by atoms with van der Waals surface area (Å²) in [6.45, 7) is 2.25. The molecule has 2 N–H and O–H groups in total. The fourth-order valence-corrected chi connectivity index (χ4v) is 4.32. The average molecular weight is 463 g/mol. The number of para-hydroxylation sites is 1. The van der Waals surface area contributed by atoms with Gasteiger partial charge in [0.15, 0.2) is 11.5 Å². The second-order valence-corrected chi connectivity index (χ2v) is 9.87. The molecule has 0 aliphatic rings. The normalized spacial score (nSPS) is 11.6.